The average Bonchev–Trinajstić information content (AvgIpc) is 2.65. The molecule has 1 saturated heterocycles. The van der Waals surface area contributed by atoms with Gasteiger partial charge in [0.25, 0.3) is 5.91 Å². The molecular formula is C16H10F2N2O2. The smallest absolute Gasteiger partial charge is 0.271 e. The van der Waals surface area contributed by atoms with Crippen LogP contribution in [-0.4, -0.2) is 23.9 Å². The summed E-state index contributed by atoms with van der Waals surface area (Å²) in [5.41, 5.74) is -0.812. The van der Waals surface area contributed by atoms with E-state index in [4.69, 9.17) is 0 Å². The van der Waals surface area contributed by atoms with Gasteiger partial charge in [-0.2, -0.15) is 0 Å². The topological polar surface area (TPSA) is 40.6 Å². The van der Waals surface area contributed by atoms with Crippen LogP contribution in [0.3, 0.4) is 0 Å². The highest BCUT2D eigenvalue weighted by atomic mass is 19.1. The standard InChI is InChI=1S/C16H10F2N2O2/c1-19-14(21)16(9-5-3-2-4-6-9)11-7-10(17)8-12(18)13(11)20(16)15(19)22/h2-8H,1H3. The molecule has 0 aromatic heterocycles. The Morgan fingerprint density at radius 3 is 2.41 bits per heavy atom. The molecule has 0 spiro atoms. The van der Waals surface area contributed by atoms with Crippen molar-refractivity contribution in [3.05, 3.63) is 65.2 Å². The number of amides is 3. The lowest BCUT2D eigenvalue weighted by Gasteiger charge is -2.46. The summed E-state index contributed by atoms with van der Waals surface area (Å²) in [6, 6.07) is 9.74. The van der Waals surface area contributed by atoms with Crippen molar-refractivity contribution < 1.29 is 18.4 Å². The molecule has 3 amide bonds. The van der Waals surface area contributed by atoms with Crippen LogP contribution in [0.5, 0.6) is 0 Å². The molecule has 4 rings (SSSR count). The molecule has 4 nitrogen and oxygen atoms in total. The van der Waals surface area contributed by atoms with Gasteiger partial charge in [0.05, 0.1) is 5.69 Å². The van der Waals surface area contributed by atoms with Crippen molar-refractivity contribution in [1.29, 1.82) is 0 Å². The summed E-state index contributed by atoms with van der Waals surface area (Å²) in [6.07, 6.45) is 0. The lowest BCUT2D eigenvalue weighted by atomic mass is 9.74. The van der Waals surface area contributed by atoms with Crippen molar-refractivity contribution in [2.75, 3.05) is 11.9 Å². The van der Waals surface area contributed by atoms with Crippen LogP contribution in [0.1, 0.15) is 11.1 Å². The van der Waals surface area contributed by atoms with Gasteiger partial charge in [-0.05, 0) is 11.6 Å². The molecule has 22 heavy (non-hydrogen) atoms. The Labute approximate surface area is 124 Å². The van der Waals surface area contributed by atoms with E-state index in [2.05, 4.69) is 0 Å². The maximum Gasteiger partial charge on any atom is 0.332 e. The highest BCUT2D eigenvalue weighted by Crippen LogP contribution is 2.57. The lowest BCUT2D eigenvalue weighted by Crippen LogP contribution is -2.56. The number of likely N-dealkylation sites (N-methyl/N-ethyl adjacent to an activating group) is 1. The van der Waals surface area contributed by atoms with Gasteiger partial charge >= 0.3 is 6.03 Å². The minimum Gasteiger partial charge on any atom is -0.271 e. The average molecular weight is 300 g/mol. The van der Waals surface area contributed by atoms with Crippen LogP contribution in [0.2, 0.25) is 0 Å². The fourth-order valence-electron chi connectivity index (χ4n) is 3.32. The van der Waals surface area contributed by atoms with Crippen LogP contribution < -0.4 is 4.90 Å². The summed E-state index contributed by atoms with van der Waals surface area (Å²) in [5, 5.41) is 0. The van der Waals surface area contributed by atoms with Crippen LogP contribution in [0.25, 0.3) is 0 Å². The Bertz CT molecular complexity index is 838. The molecule has 1 atom stereocenters. The number of carbonyl (C=O) groups is 2. The number of halogens is 2. The molecule has 0 aliphatic carbocycles. The summed E-state index contributed by atoms with van der Waals surface area (Å²) < 4.78 is 27.7. The molecule has 1 fully saturated rings. The first-order valence-corrected chi connectivity index (χ1v) is 6.67. The number of rotatable bonds is 1. The first kappa shape index (κ1) is 12.9. The number of hydrogen-bond donors (Lipinski definition) is 0. The van der Waals surface area contributed by atoms with E-state index < -0.39 is 29.1 Å². The third-order valence-electron chi connectivity index (χ3n) is 4.26. The SMILES string of the molecule is CN1C(=O)N2c3c(F)cc(F)cc3C2(c2ccccc2)C1=O. The molecular weight excluding hydrogens is 290 g/mol. The van der Waals surface area contributed by atoms with E-state index >= 15 is 0 Å². The maximum absolute atomic E-state index is 14.1. The Morgan fingerprint density at radius 1 is 1.05 bits per heavy atom. The van der Waals surface area contributed by atoms with E-state index in [9.17, 15) is 18.4 Å². The quantitative estimate of drug-likeness (QED) is 0.760. The summed E-state index contributed by atoms with van der Waals surface area (Å²) in [7, 11) is 1.34. The van der Waals surface area contributed by atoms with Crippen molar-refractivity contribution in [1.82, 2.24) is 4.90 Å². The van der Waals surface area contributed by atoms with Crippen molar-refractivity contribution in [3.8, 4) is 0 Å². The second-order valence-corrected chi connectivity index (χ2v) is 5.34. The fourth-order valence-corrected chi connectivity index (χ4v) is 3.32. The normalized spacial score (nSPS) is 22.5. The van der Waals surface area contributed by atoms with Crippen LogP contribution >= 0.6 is 0 Å². The maximum atomic E-state index is 14.1. The molecule has 0 radical (unpaired) electrons. The van der Waals surface area contributed by atoms with E-state index in [1.807, 2.05) is 0 Å². The van der Waals surface area contributed by atoms with E-state index in [-0.39, 0.29) is 11.3 Å². The first-order valence-electron chi connectivity index (χ1n) is 6.67. The fraction of sp³-hybridized carbons (Fsp3) is 0.125. The third-order valence-corrected chi connectivity index (χ3v) is 4.26. The molecule has 0 bridgehead atoms. The molecule has 2 aliphatic heterocycles. The zero-order valence-corrected chi connectivity index (χ0v) is 11.5. The van der Waals surface area contributed by atoms with Gasteiger partial charge in [-0.15, -0.1) is 0 Å². The van der Waals surface area contributed by atoms with Crippen LogP contribution in [-0.2, 0) is 10.3 Å². The number of fused-ring (bicyclic) bond motifs is 4. The van der Waals surface area contributed by atoms with Gasteiger partial charge in [-0.25, -0.2) is 13.6 Å². The predicted molar refractivity (Wildman–Crippen MR) is 74.2 cm³/mol. The van der Waals surface area contributed by atoms with Gasteiger partial charge < -0.3 is 0 Å². The molecule has 6 heteroatoms. The Balaban J connectivity index is 2.08. The van der Waals surface area contributed by atoms with Gasteiger partial charge in [-0.1, -0.05) is 30.3 Å². The number of nitrogens with zero attached hydrogens (tertiary/aromatic N) is 2. The molecule has 0 N–H and O–H groups in total. The minimum absolute atomic E-state index is 0.0343. The van der Waals surface area contributed by atoms with Gasteiger partial charge in [0.1, 0.15) is 11.6 Å². The second kappa shape index (κ2) is 3.91. The largest absolute Gasteiger partial charge is 0.332 e. The predicted octanol–water partition coefficient (Wildman–Crippen LogP) is 2.62. The highest BCUT2D eigenvalue weighted by molar-refractivity contribution is 6.23. The highest BCUT2D eigenvalue weighted by Gasteiger charge is 2.67. The first-order chi connectivity index (χ1) is 10.5. The summed E-state index contributed by atoms with van der Waals surface area (Å²) in [4.78, 5) is 27.1. The lowest BCUT2D eigenvalue weighted by molar-refractivity contribution is -0.129. The van der Waals surface area contributed by atoms with Crippen molar-refractivity contribution in [2.24, 2.45) is 0 Å². The number of hydrogen-bond acceptors (Lipinski definition) is 2. The second-order valence-electron chi connectivity index (χ2n) is 5.34. The van der Waals surface area contributed by atoms with Crippen LogP contribution in [0.4, 0.5) is 19.3 Å². The number of carbonyl (C=O) groups excluding carboxylic acids is 2. The van der Waals surface area contributed by atoms with Gasteiger partial charge in [0.15, 0.2) is 5.54 Å². The van der Waals surface area contributed by atoms with Crippen LogP contribution in [0.15, 0.2) is 42.5 Å². The Morgan fingerprint density at radius 2 is 1.73 bits per heavy atom. The minimum atomic E-state index is -1.47. The number of anilines is 1. The van der Waals surface area contributed by atoms with Gasteiger partial charge in [-0.3, -0.25) is 14.6 Å². The molecule has 0 saturated carbocycles. The van der Waals surface area contributed by atoms with Crippen molar-refractivity contribution in [3.63, 3.8) is 0 Å². The molecule has 2 heterocycles. The Hall–Kier alpha value is -2.76. The van der Waals surface area contributed by atoms with Crippen LogP contribution in [0, 0.1) is 11.6 Å². The number of benzene rings is 2. The van der Waals surface area contributed by atoms with Crippen molar-refractivity contribution in [2.45, 2.75) is 5.54 Å². The zero-order chi connectivity index (χ0) is 15.6. The number of urea groups is 1. The molecule has 2 aliphatic rings. The molecule has 110 valence electrons. The molecule has 1 unspecified atom stereocenters. The van der Waals surface area contributed by atoms with Gasteiger partial charge in [0, 0.05) is 18.7 Å². The summed E-state index contributed by atoms with van der Waals surface area (Å²) in [6.45, 7) is 0. The van der Waals surface area contributed by atoms with E-state index in [1.165, 1.54) is 7.05 Å². The van der Waals surface area contributed by atoms with E-state index in [0.29, 0.717) is 11.6 Å². The Kier molecular flexibility index (Phi) is 2.30. The summed E-state index contributed by atoms with van der Waals surface area (Å²) in [5.74, 6) is -2.14. The molecule has 2 aromatic carbocycles. The molecule has 2 aromatic rings. The number of imide groups is 1. The van der Waals surface area contributed by atoms with E-state index in [0.717, 1.165) is 15.9 Å². The van der Waals surface area contributed by atoms with E-state index in [1.54, 1.807) is 30.3 Å². The monoisotopic (exact) mass is 300 g/mol. The van der Waals surface area contributed by atoms with Crippen molar-refractivity contribution >= 4 is 17.6 Å². The zero-order valence-electron chi connectivity index (χ0n) is 11.5. The summed E-state index contributed by atoms with van der Waals surface area (Å²) >= 11 is 0. The third kappa shape index (κ3) is 1.21. The van der Waals surface area contributed by atoms with Gasteiger partial charge in [0.2, 0.25) is 0 Å².